The van der Waals surface area contributed by atoms with Crippen molar-refractivity contribution in [2.24, 2.45) is 0 Å². The largest absolute Gasteiger partial charge is 0.381 e. The molecule has 0 spiro atoms. The highest BCUT2D eigenvalue weighted by Crippen LogP contribution is 1.97. The van der Waals surface area contributed by atoms with Crippen molar-refractivity contribution in [1.82, 2.24) is 9.97 Å². The molecule has 0 amide bonds. The number of aliphatic hydroxyl groups is 1. The van der Waals surface area contributed by atoms with Gasteiger partial charge in [0.25, 0.3) is 0 Å². The number of hydrogen-bond acceptors (Lipinski definition) is 3. The number of aliphatic hydroxyl groups excluding tert-OH is 1. The van der Waals surface area contributed by atoms with E-state index in [1.54, 1.807) is 6.92 Å². The lowest BCUT2D eigenvalue weighted by Gasteiger charge is -1.95. The van der Waals surface area contributed by atoms with Crippen LogP contribution in [-0.2, 0) is 0 Å². The zero-order chi connectivity index (χ0) is 9.84. The summed E-state index contributed by atoms with van der Waals surface area (Å²) in [7, 11) is 0. The number of nitrogens with zero attached hydrogens (tertiary/aromatic N) is 2. The summed E-state index contributed by atoms with van der Waals surface area (Å²) in [5.74, 6) is 5.77. The van der Waals surface area contributed by atoms with Crippen LogP contribution < -0.4 is 0 Å². The van der Waals surface area contributed by atoms with Crippen LogP contribution in [0.15, 0.2) is 6.07 Å². The minimum atomic E-state index is -0.635. The van der Waals surface area contributed by atoms with Gasteiger partial charge in [0.15, 0.2) is 0 Å². The fourth-order valence-electron chi connectivity index (χ4n) is 0.951. The van der Waals surface area contributed by atoms with Gasteiger partial charge in [0.05, 0.1) is 0 Å². The summed E-state index contributed by atoms with van der Waals surface area (Å²) in [5.41, 5.74) is 1.78. The highest BCUT2D eigenvalue weighted by Gasteiger charge is 1.95. The van der Waals surface area contributed by atoms with E-state index in [4.69, 9.17) is 5.11 Å². The van der Waals surface area contributed by atoms with Crippen molar-refractivity contribution < 1.29 is 5.11 Å². The van der Waals surface area contributed by atoms with Gasteiger partial charge in [0.2, 0.25) is 5.82 Å². The summed E-state index contributed by atoms with van der Waals surface area (Å²) < 4.78 is 0. The fourth-order valence-corrected chi connectivity index (χ4v) is 0.951. The van der Waals surface area contributed by atoms with Gasteiger partial charge >= 0.3 is 0 Å². The van der Waals surface area contributed by atoms with E-state index < -0.39 is 6.10 Å². The molecule has 0 aliphatic rings. The van der Waals surface area contributed by atoms with E-state index in [9.17, 15) is 0 Å². The van der Waals surface area contributed by atoms with Gasteiger partial charge in [-0.05, 0) is 32.8 Å². The van der Waals surface area contributed by atoms with Crippen molar-refractivity contribution in [1.29, 1.82) is 0 Å². The number of aryl methyl sites for hydroxylation is 2. The number of aromatic nitrogens is 2. The lowest BCUT2D eigenvalue weighted by Crippen LogP contribution is -1.97. The maximum atomic E-state index is 8.92. The van der Waals surface area contributed by atoms with Gasteiger partial charge in [-0.15, -0.1) is 0 Å². The van der Waals surface area contributed by atoms with Gasteiger partial charge in [-0.3, -0.25) is 0 Å². The molecule has 13 heavy (non-hydrogen) atoms. The zero-order valence-corrected chi connectivity index (χ0v) is 8.00. The average Bonchev–Trinajstić information content (AvgIpc) is 1.99. The summed E-state index contributed by atoms with van der Waals surface area (Å²) >= 11 is 0. The number of hydrogen-bond donors (Lipinski definition) is 1. The van der Waals surface area contributed by atoms with Crippen molar-refractivity contribution >= 4 is 0 Å². The van der Waals surface area contributed by atoms with Crippen molar-refractivity contribution in [2.45, 2.75) is 26.9 Å². The van der Waals surface area contributed by atoms with Crippen molar-refractivity contribution in [3.8, 4) is 11.8 Å². The highest BCUT2D eigenvalue weighted by atomic mass is 16.3. The Balaban J connectivity index is 2.98. The third-order valence-electron chi connectivity index (χ3n) is 1.38. The maximum absolute atomic E-state index is 8.92. The van der Waals surface area contributed by atoms with Crippen molar-refractivity contribution in [3.63, 3.8) is 0 Å². The van der Waals surface area contributed by atoms with Gasteiger partial charge in [-0.1, -0.05) is 5.92 Å². The van der Waals surface area contributed by atoms with Gasteiger partial charge in [-0.2, -0.15) is 0 Å². The first-order valence-electron chi connectivity index (χ1n) is 4.10. The van der Waals surface area contributed by atoms with Crippen LogP contribution in [0.1, 0.15) is 24.1 Å². The van der Waals surface area contributed by atoms with E-state index in [1.807, 2.05) is 19.9 Å². The van der Waals surface area contributed by atoms with Crippen LogP contribution in [0.4, 0.5) is 0 Å². The van der Waals surface area contributed by atoms with Crippen LogP contribution in [0.2, 0.25) is 0 Å². The quantitative estimate of drug-likeness (QED) is 0.595. The maximum Gasteiger partial charge on any atom is 0.205 e. The second-order valence-corrected chi connectivity index (χ2v) is 2.92. The molecule has 0 aromatic carbocycles. The minimum absolute atomic E-state index is 0.471. The van der Waals surface area contributed by atoms with Crippen LogP contribution >= 0.6 is 0 Å². The molecule has 0 aliphatic carbocycles. The molecule has 0 saturated carbocycles. The number of rotatable bonds is 0. The molecule has 1 aromatic heterocycles. The smallest absolute Gasteiger partial charge is 0.205 e. The Bertz CT molecular complexity index is 341. The minimum Gasteiger partial charge on any atom is -0.381 e. The summed E-state index contributed by atoms with van der Waals surface area (Å²) in [6.45, 7) is 5.39. The predicted octanol–water partition coefficient (Wildman–Crippen LogP) is 0.826. The molecule has 1 N–H and O–H groups in total. The monoisotopic (exact) mass is 176 g/mol. The van der Waals surface area contributed by atoms with Crippen LogP contribution in [0.25, 0.3) is 0 Å². The van der Waals surface area contributed by atoms with Gasteiger partial charge in [0, 0.05) is 11.4 Å². The molecular weight excluding hydrogens is 164 g/mol. The molecule has 1 heterocycles. The Kier molecular flexibility index (Phi) is 2.99. The van der Waals surface area contributed by atoms with E-state index in [0.29, 0.717) is 5.82 Å². The Morgan fingerprint density at radius 3 is 2.31 bits per heavy atom. The standard InChI is InChI=1S/C10H12N2O/c1-7-6-8(2)12-10(11-7)5-4-9(3)13/h6,9,13H,1-3H3/t9-/m0/s1. The van der Waals surface area contributed by atoms with Gasteiger partial charge in [0.1, 0.15) is 6.10 Å². The Morgan fingerprint density at radius 2 is 1.85 bits per heavy atom. The van der Waals surface area contributed by atoms with E-state index in [-0.39, 0.29) is 0 Å². The highest BCUT2D eigenvalue weighted by molar-refractivity contribution is 5.24. The molecule has 0 fully saturated rings. The summed E-state index contributed by atoms with van der Waals surface area (Å²) in [6, 6.07) is 1.88. The molecule has 1 atom stereocenters. The van der Waals surface area contributed by atoms with Crippen LogP contribution in [0.3, 0.4) is 0 Å². The molecule has 0 aliphatic heterocycles. The van der Waals surface area contributed by atoms with Crippen molar-refractivity contribution in [3.05, 3.63) is 23.3 Å². The molecule has 0 saturated heterocycles. The zero-order valence-electron chi connectivity index (χ0n) is 8.00. The molecule has 68 valence electrons. The van der Waals surface area contributed by atoms with Crippen LogP contribution in [-0.4, -0.2) is 21.2 Å². The average molecular weight is 176 g/mol. The molecule has 3 heteroatoms. The van der Waals surface area contributed by atoms with E-state index >= 15 is 0 Å². The summed E-state index contributed by atoms with van der Waals surface area (Å²) in [6.07, 6.45) is -0.635. The molecule has 0 unspecified atom stereocenters. The van der Waals surface area contributed by atoms with Gasteiger partial charge < -0.3 is 5.11 Å². The lowest BCUT2D eigenvalue weighted by molar-refractivity contribution is 0.253. The third kappa shape index (κ3) is 3.22. The second-order valence-electron chi connectivity index (χ2n) is 2.92. The van der Waals surface area contributed by atoms with E-state index in [1.165, 1.54) is 0 Å². The predicted molar refractivity (Wildman–Crippen MR) is 50.1 cm³/mol. The van der Waals surface area contributed by atoms with E-state index in [0.717, 1.165) is 11.4 Å². The van der Waals surface area contributed by atoms with Crippen LogP contribution in [0, 0.1) is 25.7 Å². The first kappa shape index (κ1) is 9.69. The van der Waals surface area contributed by atoms with Crippen LogP contribution in [0.5, 0.6) is 0 Å². The molecule has 1 rings (SSSR count). The Hall–Kier alpha value is -1.40. The molecule has 1 aromatic rings. The Morgan fingerprint density at radius 1 is 1.31 bits per heavy atom. The fraction of sp³-hybridized carbons (Fsp3) is 0.400. The second kappa shape index (κ2) is 4.01. The SMILES string of the molecule is Cc1cc(C)nc(C#C[C@H](C)O)n1. The molecule has 0 radical (unpaired) electrons. The summed E-state index contributed by atoms with van der Waals surface area (Å²) in [5, 5.41) is 8.92. The normalized spacial score (nSPS) is 11.7. The first-order valence-corrected chi connectivity index (χ1v) is 4.10. The molecule has 0 bridgehead atoms. The topological polar surface area (TPSA) is 46.0 Å². The van der Waals surface area contributed by atoms with E-state index in [2.05, 4.69) is 21.8 Å². The Labute approximate surface area is 77.9 Å². The van der Waals surface area contributed by atoms with Gasteiger partial charge in [-0.25, -0.2) is 9.97 Å². The first-order chi connectivity index (χ1) is 6.08. The lowest BCUT2D eigenvalue weighted by atomic mass is 10.3. The summed E-state index contributed by atoms with van der Waals surface area (Å²) in [4.78, 5) is 8.22. The third-order valence-corrected chi connectivity index (χ3v) is 1.38. The molecular formula is C10H12N2O. The van der Waals surface area contributed by atoms with Crippen molar-refractivity contribution in [2.75, 3.05) is 0 Å². The molecule has 3 nitrogen and oxygen atoms in total.